The highest BCUT2D eigenvalue weighted by Crippen LogP contribution is 2.29. The first-order valence-electron chi connectivity index (χ1n) is 7.25. The molecule has 2 fully saturated rings. The van der Waals surface area contributed by atoms with E-state index < -0.39 is 0 Å². The molecular formula is C16H20Cl2N4. The summed E-state index contributed by atoms with van der Waals surface area (Å²) in [5.41, 5.74) is 2.06. The van der Waals surface area contributed by atoms with Crippen molar-refractivity contribution in [3.63, 3.8) is 0 Å². The zero-order valence-electron chi connectivity index (χ0n) is 12.2. The summed E-state index contributed by atoms with van der Waals surface area (Å²) in [4.78, 5) is 2.37. The lowest BCUT2D eigenvalue weighted by Gasteiger charge is -2.17. The molecule has 2 saturated heterocycles. The topological polar surface area (TPSA) is 41.0 Å². The van der Waals surface area contributed by atoms with Crippen molar-refractivity contribution in [1.29, 1.82) is 0 Å². The van der Waals surface area contributed by atoms with Gasteiger partial charge in [-0.3, -0.25) is 0 Å². The number of halogens is 2. The van der Waals surface area contributed by atoms with Gasteiger partial charge in [-0.05, 0) is 24.0 Å². The molecule has 2 unspecified atom stereocenters. The highest BCUT2D eigenvalue weighted by Gasteiger charge is 2.36. The van der Waals surface area contributed by atoms with Gasteiger partial charge in [-0.2, -0.15) is 0 Å². The third-order valence-electron chi connectivity index (χ3n) is 4.43. The normalized spacial score (nSPS) is 22.6. The van der Waals surface area contributed by atoms with Crippen LogP contribution in [0, 0.1) is 11.8 Å². The molecule has 0 radical (unpaired) electrons. The van der Waals surface area contributed by atoms with E-state index in [0.29, 0.717) is 0 Å². The molecule has 1 N–H and O–H groups in total. The van der Waals surface area contributed by atoms with E-state index in [1.165, 1.54) is 0 Å². The highest BCUT2D eigenvalue weighted by atomic mass is 35.5. The second-order valence-corrected chi connectivity index (χ2v) is 5.73. The van der Waals surface area contributed by atoms with Crippen LogP contribution in [0.25, 0.3) is 11.3 Å². The number of nitrogens with one attached hydrogen (secondary N) is 1. The van der Waals surface area contributed by atoms with Crippen molar-refractivity contribution < 1.29 is 0 Å². The largest absolute Gasteiger partial charge is 0.354 e. The molecule has 0 saturated carbocycles. The molecule has 0 spiro atoms. The standard InChI is InChI=1S/C16H18N4.2ClH/c1-2-4-12(5-3-1)15-6-7-16(19-18-15)20-10-13-8-17-9-14(13)11-20;;/h1-7,13-14,17H,8-11H2;2*1H. The predicted molar refractivity (Wildman–Crippen MR) is 94.0 cm³/mol. The minimum absolute atomic E-state index is 0. The number of benzene rings is 1. The van der Waals surface area contributed by atoms with Crippen LogP contribution in [0.4, 0.5) is 5.82 Å². The first-order valence-corrected chi connectivity index (χ1v) is 7.25. The quantitative estimate of drug-likeness (QED) is 0.913. The maximum atomic E-state index is 4.42. The highest BCUT2D eigenvalue weighted by molar-refractivity contribution is 5.85. The van der Waals surface area contributed by atoms with Crippen molar-refractivity contribution >= 4 is 30.6 Å². The summed E-state index contributed by atoms with van der Waals surface area (Å²) in [5.74, 6) is 2.58. The van der Waals surface area contributed by atoms with Crippen LogP contribution < -0.4 is 10.2 Å². The van der Waals surface area contributed by atoms with Gasteiger partial charge in [0.25, 0.3) is 0 Å². The number of nitrogens with zero attached hydrogens (tertiary/aromatic N) is 3. The Bertz CT molecular complexity index is 579. The summed E-state index contributed by atoms with van der Waals surface area (Å²) in [7, 11) is 0. The van der Waals surface area contributed by atoms with Crippen molar-refractivity contribution in [2.45, 2.75) is 0 Å². The first kappa shape index (κ1) is 17.0. The van der Waals surface area contributed by atoms with Crippen LogP contribution in [0.2, 0.25) is 0 Å². The molecule has 3 heterocycles. The fourth-order valence-corrected chi connectivity index (χ4v) is 3.30. The van der Waals surface area contributed by atoms with Gasteiger partial charge in [-0.1, -0.05) is 30.3 Å². The molecule has 22 heavy (non-hydrogen) atoms. The maximum absolute atomic E-state index is 4.42. The van der Waals surface area contributed by atoms with E-state index in [4.69, 9.17) is 0 Å². The third-order valence-corrected chi connectivity index (χ3v) is 4.43. The van der Waals surface area contributed by atoms with E-state index in [0.717, 1.165) is 55.1 Å². The van der Waals surface area contributed by atoms with Gasteiger partial charge in [0, 0.05) is 31.7 Å². The average Bonchev–Trinajstić information content (AvgIpc) is 3.10. The van der Waals surface area contributed by atoms with Crippen LogP contribution in [-0.4, -0.2) is 36.4 Å². The van der Waals surface area contributed by atoms with E-state index in [2.05, 4.69) is 44.7 Å². The fraction of sp³-hybridized carbons (Fsp3) is 0.375. The van der Waals surface area contributed by atoms with Crippen molar-refractivity contribution in [2.75, 3.05) is 31.1 Å². The molecule has 2 atom stereocenters. The van der Waals surface area contributed by atoms with Gasteiger partial charge in [-0.25, -0.2) is 0 Å². The molecule has 2 aliphatic heterocycles. The number of rotatable bonds is 2. The summed E-state index contributed by atoms with van der Waals surface area (Å²) < 4.78 is 0. The van der Waals surface area contributed by atoms with E-state index in [1.807, 2.05) is 18.2 Å². The van der Waals surface area contributed by atoms with Crippen LogP contribution >= 0.6 is 24.8 Å². The van der Waals surface area contributed by atoms with Crippen LogP contribution in [0.15, 0.2) is 42.5 Å². The second-order valence-electron chi connectivity index (χ2n) is 5.73. The van der Waals surface area contributed by atoms with Crippen LogP contribution in [-0.2, 0) is 0 Å². The molecule has 6 heteroatoms. The molecule has 4 rings (SSSR count). The molecule has 118 valence electrons. The van der Waals surface area contributed by atoms with Gasteiger partial charge in [-0.15, -0.1) is 35.0 Å². The average molecular weight is 339 g/mol. The smallest absolute Gasteiger partial charge is 0.151 e. The summed E-state index contributed by atoms with van der Waals surface area (Å²) in [6, 6.07) is 14.4. The zero-order chi connectivity index (χ0) is 13.4. The summed E-state index contributed by atoms with van der Waals surface area (Å²) in [6.07, 6.45) is 0. The van der Waals surface area contributed by atoms with Crippen molar-refractivity contribution in [2.24, 2.45) is 11.8 Å². The first-order chi connectivity index (χ1) is 9.90. The number of aromatic nitrogens is 2. The van der Waals surface area contributed by atoms with Crippen LogP contribution in [0.1, 0.15) is 0 Å². The Labute approximate surface area is 143 Å². The SMILES string of the molecule is Cl.Cl.c1ccc(-c2ccc(N3CC4CNCC4C3)nn2)cc1. The molecular weight excluding hydrogens is 319 g/mol. The Balaban J connectivity index is 0.000000882. The Morgan fingerprint density at radius 1 is 0.864 bits per heavy atom. The van der Waals surface area contributed by atoms with E-state index in [-0.39, 0.29) is 24.8 Å². The molecule has 1 aromatic heterocycles. The molecule has 2 aliphatic rings. The summed E-state index contributed by atoms with van der Waals surface area (Å²) in [5, 5.41) is 12.3. The molecule has 0 aliphatic carbocycles. The molecule has 2 aromatic rings. The monoisotopic (exact) mass is 338 g/mol. The number of anilines is 1. The van der Waals surface area contributed by atoms with Crippen LogP contribution in [0.3, 0.4) is 0 Å². The number of hydrogen-bond donors (Lipinski definition) is 1. The maximum Gasteiger partial charge on any atom is 0.151 e. The lowest BCUT2D eigenvalue weighted by Crippen LogP contribution is -2.26. The van der Waals surface area contributed by atoms with Crippen molar-refractivity contribution in [3.8, 4) is 11.3 Å². The molecule has 1 aromatic carbocycles. The fourth-order valence-electron chi connectivity index (χ4n) is 3.30. The lowest BCUT2D eigenvalue weighted by atomic mass is 10.0. The van der Waals surface area contributed by atoms with Crippen LogP contribution in [0.5, 0.6) is 0 Å². The van der Waals surface area contributed by atoms with Gasteiger partial charge < -0.3 is 10.2 Å². The van der Waals surface area contributed by atoms with E-state index >= 15 is 0 Å². The molecule has 4 nitrogen and oxygen atoms in total. The van der Waals surface area contributed by atoms with Crippen molar-refractivity contribution in [1.82, 2.24) is 15.5 Å². The third kappa shape index (κ3) is 3.19. The van der Waals surface area contributed by atoms with Gasteiger partial charge in [0.1, 0.15) is 0 Å². The van der Waals surface area contributed by atoms with Gasteiger partial charge in [0.15, 0.2) is 5.82 Å². The van der Waals surface area contributed by atoms with Gasteiger partial charge in [0.05, 0.1) is 5.69 Å². The Morgan fingerprint density at radius 3 is 2.14 bits per heavy atom. The van der Waals surface area contributed by atoms with Gasteiger partial charge in [0.2, 0.25) is 0 Å². The van der Waals surface area contributed by atoms with Gasteiger partial charge >= 0.3 is 0 Å². The Morgan fingerprint density at radius 2 is 1.55 bits per heavy atom. The minimum Gasteiger partial charge on any atom is -0.354 e. The minimum atomic E-state index is 0. The number of fused-ring (bicyclic) bond motifs is 1. The summed E-state index contributed by atoms with van der Waals surface area (Å²) in [6.45, 7) is 4.52. The predicted octanol–water partition coefficient (Wildman–Crippen LogP) is 2.64. The molecule has 0 bridgehead atoms. The number of hydrogen-bond acceptors (Lipinski definition) is 4. The Kier molecular flexibility index (Phi) is 5.62. The lowest BCUT2D eigenvalue weighted by molar-refractivity contribution is 0.533. The Hall–Kier alpha value is -1.36. The molecule has 0 amide bonds. The van der Waals surface area contributed by atoms with E-state index in [1.54, 1.807) is 0 Å². The van der Waals surface area contributed by atoms with E-state index in [9.17, 15) is 0 Å². The summed E-state index contributed by atoms with van der Waals surface area (Å²) >= 11 is 0. The second kappa shape index (κ2) is 7.27. The van der Waals surface area contributed by atoms with Crippen molar-refractivity contribution in [3.05, 3.63) is 42.5 Å². The zero-order valence-corrected chi connectivity index (χ0v) is 13.8.